The maximum Gasteiger partial charge on any atom is 0.122 e. The van der Waals surface area contributed by atoms with Gasteiger partial charge in [-0.1, -0.05) is 0 Å². The van der Waals surface area contributed by atoms with E-state index >= 15 is 0 Å². The van der Waals surface area contributed by atoms with Crippen LogP contribution < -0.4 is 15.2 Å². The molecule has 4 nitrogen and oxygen atoms in total. The summed E-state index contributed by atoms with van der Waals surface area (Å²) in [5.74, 6) is 1.62. The van der Waals surface area contributed by atoms with E-state index in [0.717, 1.165) is 17.1 Å². The normalized spacial score (nSPS) is 16.7. The van der Waals surface area contributed by atoms with E-state index in [2.05, 4.69) is 11.9 Å². The second-order valence-electron chi connectivity index (χ2n) is 4.79. The quantitative estimate of drug-likeness (QED) is 0.836. The van der Waals surface area contributed by atoms with Crippen molar-refractivity contribution in [3.8, 4) is 11.5 Å². The van der Waals surface area contributed by atoms with E-state index < -0.39 is 0 Å². The Kier molecular flexibility index (Phi) is 4.09. The van der Waals surface area contributed by atoms with Gasteiger partial charge in [-0.05, 0) is 37.6 Å². The average molecular weight is 250 g/mol. The summed E-state index contributed by atoms with van der Waals surface area (Å²) < 4.78 is 10.6. The van der Waals surface area contributed by atoms with Gasteiger partial charge >= 0.3 is 0 Å². The number of likely N-dealkylation sites (N-methyl/N-ethyl adjacent to an activating group) is 1. The SMILES string of the molecule is COc1cc(OC)cc(C(CN)N(C)C2CC2)c1. The Labute approximate surface area is 109 Å². The van der Waals surface area contributed by atoms with Crippen LogP contribution in [0.25, 0.3) is 0 Å². The third kappa shape index (κ3) is 2.76. The van der Waals surface area contributed by atoms with Gasteiger partial charge in [-0.3, -0.25) is 4.90 Å². The molecule has 0 aliphatic heterocycles. The van der Waals surface area contributed by atoms with Crippen molar-refractivity contribution in [1.82, 2.24) is 4.90 Å². The first-order valence-corrected chi connectivity index (χ1v) is 6.34. The Bertz CT molecular complexity index is 383. The largest absolute Gasteiger partial charge is 0.497 e. The lowest BCUT2D eigenvalue weighted by Crippen LogP contribution is -2.32. The van der Waals surface area contributed by atoms with Crippen molar-refractivity contribution in [3.63, 3.8) is 0 Å². The molecule has 0 saturated heterocycles. The summed E-state index contributed by atoms with van der Waals surface area (Å²) in [5, 5.41) is 0. The van der Waals surface area contributed by atoms with Crippen LogP contribution in [0.1, 0.15) is 24.4 Å². The number of nitrogens with two attached hydrogens (primary N) is 1. The molecule has 1 fully saturated rings. The first-order chi connectivity index (χ1) is 8.69. The van der Waals surface area contributed by atoms with Gasteiger partial charge in [-0.15, -0.1) is 0 Å². The van der Waals surface area contributed by atoms with E-state index in [4.69, 9.17) is 15.2 Å². The monoisotopic (exact) mass is 250 g/mol. The van der Waals surface area contributed by atoms with Gasteiger partial charge in [0.1, 0.15) is 11.5 Å². The molecule has 0 amide bonds. The van der Waals surface area contributed by atoms with Crippen LogP contribution in [0.4, 0.5) is 0 Å². The fraction of sp³-hybridized carbons (Fsp3) is 0.571. The first kappa shape index (κ1) is 13.2. The molecule has 1 atom stereocenters. The topological polar surface area (TPSA) is 47.7 Å². The molecule has 1 aliphatic rings. The minimum absolute atomic E-state index is 0.224. The van der Waals surface area contributed by atoms with Crippen molar-refractivity contribution in [3.05, 3.63) is 23.8 Å². The molecule has 1 saturated carbocycles. The summed E-state index contributed by atoms with van der Waals surface area (Å²) in [6.45, 7) is 0.601. The van der Waals surface area contributed by atoms with E-state index in [1.54, 1.807) is 14.2 Å². The van der Waals surface area contributed by atoms with Crippen LogP contribution in [0.5, 0.6) is 11.5 Å². The molecule has 18 heavy (non-hydrogen) atoms. The summed E-state index contributed by atoms with van der Waals surface area (Å²) >= 11 is 0. The predicted octanol–water partition coefficient (Wildman–Crippen LogP) is 1.80. The highest BCUT2D eigenvalue weighted by Crippen LogP contribution is 2.34. The lowest BCUT2D eigenvalue weighted by atomic mass is 10.0. The molecule has 4 heteroatoms. The fourth-order valence-corrected chi connectivity index (χ4v) is 2.30. The van der Waals surface area contributed by atoms with E-state index in [0.29, 0.717) is 12.6 Å². The number of nitrogens with zero attached hydrogens (tertiary/aromatic N) is 1. The van der Waals surface area contributed by atoms with Crippen LogP contribution in [0.3, 0.4) is 0 Å². The minimum Gasteiger partial charge on any atom is -0.497 e. The van der Waals surface area contributed by atoms with Gasteiger partial charge in [0.05, 0.1) is 14.2 Å². The van der Waals surface area contributed by atoms with Gasteiger partial charge in [0.2, 0.25) is 0 Å². The van der Waals surface area contributed by atoms with Crippen molar-refractivity contribution in [1.29, 1.82) is 0 Å². The van der Waals surface area contributed by atoms with Gasteiger partial charge in [0, 0.05) is 24.7 Å². The number of benzene rings is 1. The summed E-state index contributed by atoms with van der Waals surface area (Å²) in [5.41, 5.74) is 7.09. The summed E-state index contributed by atoms with van der Waals surface area (Å²) in [6.07, 6.45) is 2.54. The highest BCUT2D eigenvalue weighted by atomic mass is 16.5. The van der Waals surface area contributed by atoms with E-state index in [-0.39, 0.29) is 6.04 Å². The van der Waals surface area contributed by atoms with E-state index in [1.807, 2.05) is 18.2 Å². The molecule has 0 heterocycles. The van der Waals surface area contributed by atoms with Crippen molar-refractivity contribution < 1.29 is 9.47 Å². The molecule has 1 aliphatic carbocycles. The maximum atomic E-state index is 5.93. The molecule has 2 rings (SSSR count). The van der Waals surface area contributed by atoms with Crippen molar-refractivity contribution in [2.45, 2.75) is 24.9 Å². The smallest absolute Gasteiger partial charge is 0.122 e. The number of ether oxygens (including phenoxy) is 2. The number of hydrogen-bond acceptors (Lipinski definition) is 4. The lowest BCUT2D eigenvalue weighted by Gasteiger charge is -2.27. The molecule has 0 radical (unpaired) electrons. The first-order valence-electron chi connectivity index (χ1n) is 6.34. The predicted molar refractivity (Wildman–Crippen MR) is 72.1 cm³/mol. The van der Waals surface area contributed by atoms with Gasteiger partial charge < -0.3 is 15.2 Å². The lowest BCUT2D eigenvalue weighted by molar-refractivity contribution is 0.239. The molecule has 1 unspecified atom stereocenters. The Morgan fingerprint density at radius 3 is 2.17 bits per heavy atom. The maximum absolute atomic E-state index is 5.93. The zero-order valence-corrected chi connectivity index (χ0v) is 11.3. The standard InChI is InChI=1S/C14H22N2O2/c1-16(11-4-5-11)14(9-15)10-6-12(17-2)8-13(7-10)18-3/h6-8,11,14H,4-5,9,15H2,1-3H3. The fourth-order valence-electron chi connectivity index (χ4n) is 2.30. The summed E-state index contributed by atoms with van der Waals surface area (Å²) in [7, 11) is 5.47. The Balaban J connectivity index is 2.28. The second-order valence-corrected chi connectivity index (χ2v) is 4.79. The van der Waals surface area contributed by atoms with Crippen molar-refractivity contribution >= 4 is 0 Å². The van der Waals surface area contributed by atoms with Crippen molar-refractivity contribution in [2.75, 3.05) is 27.8 Å². The molecule has 1 aromatic carbocycles. The van der Waals surface area contributed by atoms with Gasteiger partial charge in [-0.25, -0.2) is 0 Å². The van der Waals surface area contributed by atoms with Crippen LogP contribution in [0.15, 0.2) is 18.2 Å². The van der Waals surface area contributed by atoms with Gasteiger partial charge in [-0.2, -0.15) is 0 Å². The van der Waals surface area contributed by atoms with Crippen LogP contribution in [-0.4, -0.2) is 38.8 Å². The van der Waals surface area contributed by atoms with Crippen LogP contribution in [0, 0.1) is 0 Å². The highest BCUT2D eigenvalue weighted by molar-refractivity contribution is 5.40. The zero-order valence-electron chi connectivity index (χ0n) is 11.3. The van der Waals surface area contributed by atoms with Gasteiger partial charge in [0.25, 0.3) is 0 Å². The Morgan fingerprint density at radius 2 is 1.78 bits per heavy atom. The number of methoxy groups -OCH3 is 2. The minimum atomic E-state index is 0.224. The third-order valence-corrected chi connectivity index (χ3v) is 3.60. The Morgan fingerprint density at radius 1 is 1.22 bits per heavy atom. The van der Waals surface area contributed by atoms with E-state index in [1.165, 1.54) is 12.8 Å². The number of rotatable bonds is 6. The summed E-state index contributed by atoms with van der Waals surface area (Å²) in [4.78, 5) is 2.36. The third-order valence-electron chi connectivity index (χ3n) is 3.60. The highest BCUT2D eigenvalue weighted by Gasteiger charge is 2.31. The zero-order chi connectivity index (χ0) is 13.1. The molecule has 0 bridgehead atoms. The second kappa shape index (κ2) is 5.59. The summed E-state index contributed by atoms with van der Waals surface area (Å²) in [6, 6.07) is 6.86. The molecule has 100 valence electrons. The Hall–Kier alpha value is -1.26. The van der Waals surface area contributed by atoms with Crippen LogP contribution in [-0.2, 0) is 0 Å². The molecule has 2 N–H and O–H groups in total. The molecule has 1 aromatic rings. The van der Waals surface area contributed by atoms with Crippen molar-refractivity contribution in [2.24, 2.45) is 5.73 Å². The number of hydrogen-bond donors (Lipinski definition) is 1. The van der Waals surface area contributed by atoms with E-state index in [9.17, 15) is 0 Å². The van der Waals surface area contributed by atoms with Crippen LogP contribution >= 0.6 is 0 Å². The van der Waals surface area contributed by atoms with Gasteiger partial charge in [0.15, 0.2) is 0 Å². The molecule has 0 spiro atoms. The molecular formula is C14H22N2O2. The average Bonchev–Trinajstić information content (AvgIpc) is 3.23. The molecule has 0 aromatic heterocycles. The molecular weight excluding hydrogens is 228 g/mol. The van der Waals surface area contributed by atoms with Crippen LogP contribution in [0.2, 0.25) is 0 Å².